The van der Waals surface area contributed by atoms with E-state index in [0.29, 0.717) is 59.5 Å². The maximum absolute atomic E-state index is 13.9. The summed E-state index contributed by atoms with van der Waals surface area (Å²) < 4.78 is 15.9. The third kappa shape index (κ3) is 11.4. The molecule has 7 rings (SSSR count). The van der Waals surface area contributed by atoms with Crippen LogP contribution < -0.4 is 15.4 Å². The van der Waals surface area contributed by atoms with Crippen molar-refractivity contribution < 1.29 is 33.4 Å². The predicted molar refractivity (Wildman–Crippen MR) is 244 cm³/mol. The molecule has 2 saturated heterocycles. The third-order valence-corrected chi connectivity index (χ3v) is 10.8. The molecule has 0 radical (unpaired) electrons. The number of hydrogen-bond donors (Lipinski definition) is 4. The van der Waals surface area contributed by atoms with Crippen molar-refractivity contribution >= 4 is 48.8 Å². The Morgan fingerprint density at radius 2 is 1.33 bits per heavy atom. The molecule has 0 bridgehead atoms. The number of rotatable bonds is 11. The summed E-state index contributed by atoms with van der Waals surface area (Å²) >= 11 is 0. The molecule has 4 N–H and O–H groups in total. The van der Waals surface area contributed by atoms with Crippen LogP contribution in [0.2, 0.25) is 0 Å². The number of H-pyrrole nitrogens is 2. The number of carbonyl (C=O) groups is 4. The summed E-state index contributed by atoms with van der Waals surface area (Å²) in [7, 11) is 2.54. The van der Waals surface area contributed by atoms with E-state index in [4.69, 9.17) is 19.2 Å². The van der Waals surface area contributed by atoms with Crippen LogP contribution in [-0.4, -0.2) is 87.1 Å². The van der Waals surface area contributed by atoms with Crippen molar-refractivity contribution in [3.63, 3.8) is 0 Å². The fourth-order valence-electron chi connectivity index (χ4n) is 7.70. The van der Waals surface area contributed by atoms with E-state index in [0.717, 1.165) is 30.5 Å². The normalized spacial score (nSPS) is 16.1. The van der Waals surface area contributed by atoms with E-state index in [2.05, 4.69) is 49.3 Å². The second-order valence-corrected chi connectivity index (χ2v) is 15.2. The molecule has 4 heterocycles. The van der Waals surface area contributed by atoms with E-state index >= 15 is 0 Å². The van der Waals surface area contributed by atoms with Gasteiger partial charge in [-0.3, -0.25) is 9.59 Å². The Kier molecular flexibility index (Phi) is 16.9. The minimum atomic E-state index is -0.919. The number of para-hydroxylation sites is 1. The molecule has 0 aliphatic carbocycles. The smallest absolute Gasteiger partial charge is 0.407 e. The number of benzene rings is 3. The Labute approximate surface area is 384 Å². The average Bonchev–Trinajstić information content (AvgIpc) is 4.14. The second kappa shape index (κ2) is 22.4. The van der Waals surface area contributed by atoms with Gasteiger partial charge in [-0.2, -0.15) is 0 Å². The molecule has 2 aliphatic heterocycles. The molecule has 3 aromatic carbocycles. The quantitative estimate of drug-likeness (QED) is 0.0968. The predicted octanol–water partition coefficient (Wildman–Crippen LogP) is 7.64. The number of alkyl carbamates (subject to hydrolysis) is 2. The molecular weight excluding hydrogens is 859 g/mol. The highest BCUT2D eigenvalue weighted by atomic mass is 35.5. The number of methoxy groups -OCH3 is 2. The third-order valence-electron chi connectivity index (χ3n) is 10.8. The summed E-state index contributed by atoms with van der Waals surface area (Å²) in [6.07, 6.45) is 5.00. The maximum atomic E-state index is 13.9. The maximum Gasteiger partial charge on any atom is 0.407 e. The van der Waals surface area contributed by atoms with Gasteiger partial charge in [-0.1, -0.05) is 68.4 Å². The van der Waals surface area contributed by atoms with Crippen LogP contribution >= 0.6 is 24.8 Å². The number of imidazole rings is 2. The van der Waals surface area contributed by atoms with Crippen LogP contribution in [0.1, 0.15) is 86.1 Å². The van der Waals surface area contributed by atoms with Gasteiger partial charge in [0.2, 0.25) is 5.91 Å². The highest BCUT2D eigenvalue weighted by Gasteiger charge is 2.38. The number of ether oxygens (including phenoxy) is 3. The van der Waals surface area contributed by atoms with E-state index in [1.165, 1.54) is 14.2 Å². The van der Waals surface area contributed by atoms with Gasteiger partial charge in [0.05, 0.1) is 50.0 Å². The van der Waals surface area contributed by atoms with Crippen LogP contribution in [-0.2, 0) is 19.1 Å². The molecule has 4 amide bonds. The Bertz CT molecular complexity index is 2530. The minimum absolute atomic E-state index is 0. The molecule has 0 saturated carbocycles. The first-order valence-electron chi connectivity index (χ1n) is 20.5. The van der Waals surface area contributed by atoms with Crippen LogP contribution in [0.3, 0.4) is 0 Å². The summed E-state index contributed by atoms with van der Waals surface area (Å²) in [6.45, 7) is 4.82. The van der Waals surface area contributed by atoms with E-state index in [1.807, 2.05) is 80.6 Å². The van der Waals surface area contributed by atoms with Gasteiger partial charge in [0.15, 0.2) is 0 Å². The first kappa shape index (κ1) is 48.1. The van der Waals surface area contributed by atoms with E-state index in [1.54, 1.807) is 34.3 Å². The molecule has 17 heteroatoms. The van der Waals surface area contributed by atoms with Crippen molar-refractivity contribution in [2.45, 2.75) is 63.7 Å². The molecule has 2 aromatic heterocycles. The zero-order chi connectivity index (χ0) is 43.6. The Morgan fingerprint density at radius 1 is 0.734 bits per heavy atom. The number of halogens is 2. The zero-order valence-electron chi connectivity index (χ0n) is 35.8. The van der Waals surface area contributed by atoms with Gasteiger partial charge < -0.3 is 44.6 Å². The zero-order valence-corrected chi connectivity index (χ0v) is 37.4. The van der Waals surface area contributed by atoms with Gasteiger partial charge in [-0.15, -0.1) is 24.8 Å². The van der Waals surface area contributed by atoms with Gasteiger partial charge >= 0.3 is 12.2 Å². The van der Waals surface area contributed by atoms with Gasteiger partial charge in [0, 0.05) is 18.7 Å². The first-order chi connectivity index (χ1) is 30.1. The summed E-state index contributed by atoms with van der Waals surface area (Å²) in [6, 6.07) is 21.8. The molecule has 2 aliphatic rings. The standard InChI is InChI=1S/C47H48N8O7.2ClH/c1-30(2)40(52-46(58)60-3)44(56)54-25-14-22-38(54)43-49-29-36(51-43)33-24-23-31(39(27-33)62-35-19-9-6-10-20-35)15-11-12-18-34-28-48-42(50-34)37-21-13-26-55(37)45(57)41(53-47(59)61-4)32-16-7-5-8-17-32;;/h5-10,16-17,19-20,23-24,27-30,37-38,40-41H,13-14,21-22,25-26H2,1-4H3,(H,48,50)(H,49,51)(H,52,58)(H,53,59);2*1H/t37-,38-,40-,41+;;/m0../s1. The van der Waals surface area contributed by atoms with E-state index < -0.39 is 24.3 Å². The SMILES string of the molecule is COC(=O)N[C@H](C(=O)N1CCC[C@H]1c1ncc(-c2ccc(C#CC#Cc3cnc([C@@H]4CCCN4C(=O)[C@H](NC(=O)OC)c4ccccc4)[nH]3)c(Oc3ccccc3)c2)[nH]1)C(C)C.Cl.Cl. The average molecular weight is 910 g/mol. The van der Waals surface area contributed by atoms with E-state index in [-0.39, 0.29) is 54.6 Å². The van der Waals surface area contributed by atoms with Crippen molar-refractivity contribution in [3.8, 4) is 46.4 Å². The molecule has 0 unspecified atom stereocenters. The molecule has 64 heavy (non-hydrogen) atoms. The van der Waals surface area contributed by atoms with Gasteiger partial charge in [-0.05, 0) is 85.1 Å². The number of likely N-dealkylation sites (tertiary alicyclic amines) is 2. The molecule has 0 spiro atoms. The lowest BCUT2D eigenvalue weighted by atomic mass is 10.0. The van der Waals surface area contributed by atoms with Gasteiger partial charge in [-0.25, -0.2) is 19.6 Å². The molecule has 15 nitrogen and oxygen atoms in total. The number of aromatic nitrogens is 4. The Morgan fingerprint density at radius 3 is 1.98 bits per heavy atom. The van der Waals surface area contributed by atoms with Gasteiger partial charge in [0.25, 0.3) is 5.91 Å². The number of amides is 4. The fourth-order valence-corrected chi connectivity index (χ4v) is 7.70. The molecule has 2 fully saturated rings. The lowest BCUT2D eigenvalue weighted by molar-refractivity contribution is -0.135. The van der Waals surface area contributed by atoms with Crippen LogP contribution in [0.25, 0.3) is 11.3 Å². The first-order valence-corrected chi connectivity index (χ1v) is 20.5. The Balaban J connectivity index is 0.00000385. The van der Waals surface area contributed by atoms with Crippen molar-refractivity contribution in [1.29, 1.82) is 0 Å². The highest BCUT2D eigenvalue weighted by Crippen LogP contribution is 2.35. The van der Waals surface area contributed by atoms with E-state index in [9.17, 15) is 19.2 Å². The minimum Gasteiger partial charge on any atom is -0.456 e. The van der Waals surface area contributed by atoms with Crippen molar-refractivity contribution in [2.75, 3.05) is 27.3 Å². The molecular formula is C47H50Cl2N8O7. The number of carbonyl (C=O) groups excluding carboxylic acids is 4. The monoisotopic (exact) mass is 908 g/mol. The van der Waals surface area contributed by atoms with Crippen LogP contribution in [0.15, 0.2) is 91.3 Å². The largest absolute Gasteiger partial charge is 0.456 e. The number of aromatic amines is 2. The van der Waals surface area contributed by atoms with Gasteiger partial charge in [0.1, 0.15) is 40.9 Å². The van der Waals surface area contributed by atoms with Crippen LogP contribution in [0, 0.1) is 29.6 Å². The Hall–Kier alpha value is -6.94. The number of nitrogens with zero attached hydrogens (tertiary/aromatic N) is 4. The summed E-state index contributed by atoms with van der Waals surface area (Å²) in [5, 5.41) is 5.37. The summed E-state index contributed by atoms with van der Waals surface area (Å²) in [4.78, 5) is 71.2. The lowest BCUT2D eigenvalue weighted by Crippen LogP contribution is -2.51. The van der Waals surface area contributed by atoms with Crippen molar-refractivity contribution in [3.05, 3.63) is 120 Å². The fraction of sp³-hybridized carbons (Fsp3) is 0.319. The van der Waals surface area contributed by atoms with Crippen LogP contribution in [0.4, 0.5) is 9.59 Å². The summed E-state index contributed by atoms with van der Waals surface area (Å²) in [5.41, 5.74) is 3.33. The topological polar surface area (TPSA) is 184 Å². The van der Waals surface area contributed by atoms with Crippen LogP contribution in [0.5, 0.6) is 11.5 Å². The summed E-state index contributed by atoms with van der Waals surface area (Å²) in [5.74, 6) is 13.8. The van der Waals surface area contributed by atoms with Crippen molar-refractivity contribution in [1.82, 2.24) is 40.4 Å². The molecule has 4 atom stereocenters. The molecule has 5 aromatic rings. The highest BCUT2D eigenvalue weighted by molar-refractivity contribution is 5.88. The number of hydrogen-bond acceptors (Lipinski definition) is 9. The second-order valence-electron chi connectivity index (χ2n) is 15.2. The number of nitrogens with one attached hydrogen (secondary N) is 4. The lowest BCUT2D eigenvalue weighted by Gasteiger charge is -2.30. The molecule has 334 valence electrons. The van der Waals surface area contributed by atoms with Crippen molar-refractivity contribution in [2.24, 2.45) is 5.92 Å².